The van der Waals surface area contributed by atoms with Crippen LogP contribution in [0.5, 0.6) is 5.75 Å². The summed E-state index contributed by atoms with van der Waals surface area (Å²) in [5.41, 5.74) is 3.52. The van der Waals surface area contributed by atoms with Crippen molar-refractivity contribution in [3.63, 3.8) is 0 Å². The smallest absolute Gasteiger partial charge is 0.275 e. The summed E-state index contributed by atoms with van der Waals surface area (Å²) in [5, 5.41) is 8.39. The van der Waals surface area contributed by atoms with Crippen LogP contribution in [0, 0.1) is 11.8 Å². The van der Waals surface area contributed by atoms with Gasteiger partial charge in [-0.1, -0.05) is 53.8 Å². The molecule has 8 nitrogen and oxygen atoms in total. The molecule has 2 atom stereocenters. The van der Waals surface area contributed by atoms with Gasteiger partial charge in [0.05, 0.1) is 18.3 Å². The van der Waals surface area contributed by atoms with Crippen LogP contribution in [0.15, 0.2) is 48.5 Å². The lowest BCUT2D eigenvalue weighted by atomic mass is 10.0. The van der Waals surface area contributed by atoms with Gasteiger partial charge in [0.2, 0.25) is 0 Å². The number of rotatable bonds is 3. The minimum atomic E-state index is -0.775. The third-order valence-electron chi connectivity index (χ3n) is 7.38. The summed E-state index contributed by atoms with van der Waals surface area (Å²) in [6.07, 6.45) is 2.69. The Labute approximate surface area is 226 Å². The molecule has 6 rings (SSSR count). The zero-order chi connectivity index (χ0) is 26.2. The first-order valence-corrected chi connectivity index (χ1v) is 13.3. The van der Waals surface area contributed by atoms with Gasteiger partial charge in [0.1, 0.15) is 23.6 Å². The Morgan fingerprint density at radius 3 is 2.82 bits per heavy atom. The summed E-state index contributed by atoms with van der Waals surface area (Å²) in [6, 6.07) is 14.9. The summed E-state index contributed by atoms with van der Waals surface area (Å²) < 4.78 is 7.72. The fourth-order valence-corrected chi connectivity index (χ4v) is 5.54. The molecule has 0 saturated carbocycles. The Morgan fingerprint density at radius 2 is 2.03 bits per heavy atom. The molecule has 1 fully saturated rings. The van der Waals surface area contributed by atoms with Gasteiger partial charge in [0, 0.05) is 24.7 Å². The predicted octanol–water partition coefficient (Wildman–Crippen LogP) is 3.11. The van der Waals surface area contributed by atoms with Crippen molar-refractivity contribution in [1.82, 2.24) is 20.0 Å². The van der Waals surface area contributed by atoms with Crippen LogP contribution in [0.25, 0.3) is 0 Å². The second-order valence-corrected chi connectivity index (χ2v) is 10.2. The number of fused-ring (bicyclic) bond motifs is 2. The number of anilines is 1. The zero-order valence-corrected chi connectivity index (χ0v) is 21.9. The number of carbonyl (C=O) groups is 2. The Morgan fingerprint density at radius 1 is 1.18 bits per heavy atom. The molecule has 0 bridgehead atoms. The summed E-state index contributed by atoms with van der Waals surface area (Å²) in [4.78, 5) is 30.3. The number of ether oxygens (including phenoxy) is 1. The molecule has 1 N–H and O–H groups in total. The molecule has 0 spiro atoms. The van der Waals surface area contributed by atoms with Crippen molar-refractivity contribution in [2.45, 2.75) is 37.9 Å². The van der Waals surface area contributed by atoms with Gasteiger partial charge in [-0.2, -0.15) is 5.10 Å². The van der Waals surface area contributed by atoms with Crippen molar-refractivity contribution >= 4 is 29.1 Å². The van der Waals surface area contributed by atoms with E-state index < -0.39 is 6.04 Å². The van der Waals surface area contributed by atoms with Gasteiger partial charge in [-0.3, -0.25) is 9.59 Å². The van der Waals surface area contributed by atoms with Crippen molar-refractivity contribution in [3.05, 3.63) is 76.1 Å². The number of aromatic nitrogens is 2. The molecule has 2 amide bonds. The minimum Gasteiger partial charge on any atom is -0.489 e. The molecule has 0 aliphatic carbocycles. The zero-order valence-electron chi connectivity index (χ0n) is 21.1. The molecule has 3 aliphatic rings. The highest BCUT2D eigenvalue weighted by atomic mass is 35.5. The first-order valence-electron chi connectivity index (χ1n) is 12.9. The molecule has 1 unspecified atom stereocenters. The van der Waals surface area contributed by atoms with Crippen LogP contribution in [-0.2, 0) is 17.8 Å². The van der Waals surface area contributed by atoms with Crippen molar-refractivity contribution in [3.8, 4) is 17.6 Å². The average Bonchev–Trinajstić information content (AvgIpc) is 3.55. The summed E-state index contributed by atoms with van der Waals surface area (Å²) >= 11 is 6.63. The number of carbonyl (C=O) groups excluding carboxylic acids is 2. The molecule has 194 valence electrons. The summed E-state index contributed by atoms with van der Waals surface area (Å²) in [6.45, 7) is 1.88. The Kier molecular flexibility index (Phi) is 6.56. The summed E-state index contributed by atoms with van der Waals surface area (Å²) in [7, 11) is 1.71. The number of nitrogens with zero attached hydrogens (tertiary/aromatic N) is 4. The van der Waals surface area contributed by atoms with Crippen molar-refractivity contribution in [1.29, 1.82) is 0 Å². The number of nitrogens with one attached hydrogen (secondary N) is 1. The van der Waals surface area contributed by atoms with Gasteiger partial charge in [-0.05, 0) is 49.6 Å². The van der Waals surface area contributed by atoms with E-state index in [-0.39, 0.29) is 24.5 Å². The average molecular weight is 530 g/mol. The SMILES string of the molecule is CN1C(=O)[C@@H](N2CCc3c(nn(Cc4ccccc4)c3Cl)C2=O)COc2ccc(C#CC3CCCN3)cc21. The van der Waals surface area contributed by atoms with Crippen LogP contribution in [0.2, 0.25) is 5.15 Å². The lowest BCUT2D eigenvalue weighted by molar-refractivity contribution is -0.123. The van der Waals surface area contributed by atoms with E-state index in [9.17, 15) is 9.59 Å². The van der Waals surface area contributed by atoms with E-state index in [1.54, 1.807) is 21.5 Å². The Bertz CT molecular complexity index is 1450. The maximum atomic E-state index is 13.6. The molecule has 3 aromatic rings. The van der Waals surface area contributed by atoms with Gasteiger partial charge in [-0.15, -0.1) is 0 Å². The maximum absolute atomic E-state index is 13.6. The van der Waals surface area contributed by atoms with Gasteiger partial charge in [0.15, 0.2) is 5.69 Å². The molecular weight excluding hydrogens is 502 g/mol. The number of amides is 2. The van der Waals surface area contributed by atoms with E-state index in [4.69, 9.17) is 16.3 Å². The number of benzene rings is 2. The van der Waals surface area contributed by atoms with Gasteiger partial charge in [-0.25, -0.2) is 4.68 Å². The molecular formula is C29H28ClN5O3. The monoisotopic (exact) mass is 529 g/mol. The van der Waals surface area contributed by atoms with Crippen LogP contribution in [0.1, 0.15) is 40.0 Å². The summed E-state index contributed by atoms with van der Waals surface area (Å²) in [5.74, 6) is 6.55. The lowest BCUT2D eigenvalue weighted by Crippen LogP contribution is -2.54. The van der Waals surface area contributed by atoms with Crippen molar-refractivity contribution in [2.75, 3.05) is 31.6 Å². The van der Waals surface area contributed by atoms with Crippen LogP contribution >= 0.6 is 11.6 Å². The second-order valence-electron chi connectivity index (χ2n) is 9.83. The third-order valence-corrected chi connectivity index (χ3v) is 7.81. The highest BCUT2D eigenvalue weighted by molar-refractivity contribution is 6.31. The normalized spacial score (nSPS) is 20.8. The minimum absolute atomic E-state index is 0.0622. The Hall–Kier alpha value is -3.80. The lowest BCUT2D eigenvalue weighted by Gasteiger charge is -2.33. The van der Waals surface area contributed by atoms with Gasteiger partial charge < -0.3 is 19.9 Å². The van der Waals surface area contributed by atoms with Crippen LogP contribution in [0.3, 0.4) is 0 Å². The fourth-order valence-electron chi connectivity index (χ4n) is 5.26. The number of hydrogen-bond donors (Lipinski definition) is 1. The van der Waals surface area contributed by atoms with E-state index in [2.05, 4.69) is 22.3 Å². The first kappa shape index (κ1) is 24.5. The maximum Gasteiger partial charge on any atom is 0.275 e. The number of halogens is 1. The van der Waals surface area contributed by atoms with Gasteiger partial charge >= 0.3 is 0 Å². The molecule has 38 heavy (non-hydrogen) atoms. The van der Waals surface area contributed by atoms with Gasteiger partial charge in [0.25, 0.3) is 11.8 Å². The molecule has 2 aromatic carbocycles. The third kappa shape index (κ3) is 4.53. The highest BCUT2D eigenvalue weighted by Crippen LogP contribution is 2.34. The largest absolute Gasteiger partial charge is 0.489 e. The van der Waals surface area contributed by atoms with E-state index in [1.807, 2.05) is 48.5 Å². The highest BCUT2D eigenvalue weighted by Gasteiger charge is 2.40. The molecule has 1 aromatic heterocycles. The number of hydrogen-bond acceptors (Lipinski definition) is 5. The van der Waals surface area contributed by atoms with E-state index in [1.165, 1.54) is 0 Å². The number of likely N-dealkylation sites (N-methyl/N-ethyl adjacent to an activating group) is 1. The quantitative estimate of drug-likeness (QED) is 0.527. The molecule has 0 radical (unpaired) electrons. The van der Waals surface area contributed by atoms with Crippen LogP contribution in [0.4, 0.5) is 5.69 Å². The standard InChI is InChI=1S/C29H28ClN5O3/c1-33-23-16-19(9-11-21-8-5-14-31-21)10-12-25(23)38-18-24(28(33)36)34-15-13-22-26(29(34)37)32-35(27(22)30)17-20-6-3-2-4-7-20/h2-4,6-7,10,12,16,21,24,31H,5,8,13-15,17-18H2,1H3/t21?,24-/m0/s1. The van der Waals surface area contributed by atoms with Crippen molar-refractivity contribution in [2.24, 2.45) is 0 Å². The van der Waals surface area contributed by atoms with Crippen molar-refractivity contribution < 1.29 is 14.3 Å². The fraction of sp³-hybridized carbons (Fsp3) is 0.345. The molecule has 1 saturated heterocycles. The van der Waals surface area contributed by atoms with E-state index in [0.717, 1.165) is 36.1 Å². The van der Waals surface area contributed by atoms with E-state index in [0.29, 0.717) is 41.8 Å². The first-order chi connectivity index (χ1) is 18.5. The van der Waals surface area contributed by atoms with E-state index >= 15 is 0 Å². The Balaban J connectivity index is 1.22. The van der Waals surface area contributed by atoms with Crippen LogP contribution in [-0.4, -0.2) is 65.3 Å². The molecule has 4 heterocycles. The topological polar surface area (TPSA) is 79.7 Å². The molecule has 3 aliphatic heterocycles. The second kappa shape index (κ2) is 10.2. The predicted molar refractivity (Wildman–Crippen MR) is 145 cm³/mol. The molecule has 9 heteroatoms. The van der Waals surface area contributed by atoms with Crippen LogP contribution < -0.4 is 15.0 Å².